The lowest BCUT2D eigenvalue weighted by molar-refractivity contribution is -0.127. The average Bonchev–Trinajstić information content (AvgIpc) is 3.25. The Morgan fingerprint density at radius 3 is 2.50 bits per heavy atom. The van der Waals surface area contributed by atoms with E-state index in [0.717, 1.165) is 44.6 Å². The number of morpholine rings is 1. The van der Waals surface area contributed by atoms with Gasteiger partial charge in [0.2, 0.25) is 5.91 Å². The summed E-state index contributed by atoms with van der Waals surface area (Å²) >= 11 is 8.89. The fourth-order valence-corrected chi connectivity index (χ4v) is 6.15. The maximum atomic E-state index is 13.1. The lowest BCUT2D eigenvalue weighted by Gasteiger charge is -2.28. The number of carbonyl (C=O) groups is 3. The van der Waals surface area contributed by atoms with Gasteiger partial charge in [-0.05, 0) is 100 Å². The number of amides is 3. The van der Waals surface area contributed by atoms with Gasteiger partial charge in [-0.25, -0.2) is 0 Å². The van der Waals surface area contributed by atoms with Crippen molar-refractivity contribution in [1.29, 1.82) is 0 Å². The largest absolute Gasteiger partial charge is 0.493 e. The number of nitrogens with zero attached hydrogens (tertiary/aromatic N) is 2. The summed E-state index contributed by atoms with van der Waals surface area (Å²) in [4.78, 5) is 41.8. The van der Waals surface area contributed by atoms with Crippen LogP contribution in [0.4, 0.5) is 16.2 Å². The molecule has 2 saturated heterocycles. The predicted molar refractivity (Wildman–Crippen MR) is 172 cm³/mol. The van der Waals surface area contributed by atoms with Crippen molar-refractivity contribution < 1.29 is 28.6 Å². The Morgan fingerprint density at radius 2 is 1.81 bits per heavy atom. The van der Waals surface area contributed by atoms with Crippen molar-refractivity contribution in [2.24, 2.45) is 0 Å². The molecule has 0 unspecified atom stereocenters. The molecular weight excluding hydrogens is 693 g/mol. The zero-order valence-corrected chi connectivity index (χ0v) is 26.3. The summed E-state index contributed by atoms with van der Waals surface area (Å²) in [7, 11) is 1.53. The first-order chi connectivity index (χ1) is 20.3. The third kappa shape index (κ3) is 7.38. The molecule has 2 aliphatic rings. The van der Waals surface area contributed by atoms with Crippen LogP contribution in [0.5, 0.6) is 11.5 Å². The first-order valence-electron chi connectivity index (χ1n) is 13.0. The highest BCUT2D eigenvalue weighted by Gasteiger charge is 2.36. The molecule has 9 nitrogen and oxygen atoms in total. The molecule has 0 radical (unpaired) electrons. The smallest absolute Gasteiger partial charge is 0.294 e. The van der Waals surface area contributed by atoms with E-state index in [-0.39, 0.29) is 11.4 Å². The Labute approximate surface area is 266 Å². The summed E-state index contributed by atoms with van der Waals surface area (Å²) in [6.07, 6.45) is 1.61. The number of benzene rings is 3. The molecule has 0 spiro atoms. The second-order valence-electron chi connectivity index (χ2n) is 9.41. The van der Waals surface area contributed by atoms with E-state index in [4.69, 9.17) is 25.8 Å². The van der Waals surface area contributed by atoms with Gasteiger partial charge < -0.3 is 24.4 Å². The van der Waals surface area contributed by atoms with E-state index in [1.165, 1.54) is 7.11 Å². The molecule has 0 aromatic heterocycles. The number of rotatable bonds is 9. The Hall–Kier alpha value is -3.26. The van der Waals surface area contributed by atoms with Gasteiger partial charge >= 0.3 is 0 Å². The zero-order chi connectivity index (χ0) is 29.6. The molecule has 12 heteroatoms. The van der Waals surface area contributed by atoms with Gasteiger partial charge in [-0.2, -0.15) is 0 Å². The first-order valence-corrected chi connectivity index (χ1v) is 15.3. The minimum absolute atomic E-state index is 0.218. The molecule has 2 fully saturated rings. The van der Waals surface area contributed by atoms with Crippen molar-refractivity contribution in [3.63, 3.8) is 0 Å². The van der Waals surface area contributed by atoms with Crippen molar-refractivity contribution in [3.8, 4) is 11.5 Å². The standard InChI is InChI=1S/C30H27ClIN3O6S/c1-39-25-15-20(14-24(32)28(25)41-18-19-2-4-21(31)5-3-19)16-26-29(37)35(30(38)42-26)17-27(36)33-22-6-8-23(9-7-22)34-10-12-40-13-11-34/h2-9,14-16H,10-13,17-18H2,1H3,(H,33,36)/b26-16+. The summed E-state index contributed by atoms with van der Waals surface area (Å²) in [5.74, 6) is 0.0595. The summed E-state index contributed by atoms with van der Waals surface area (Å²) in [6, 6.07) is 18.4. The van der Waals surface area contributed by atoms with Crippen LogP contribution < -0.4 is 19.7 Å². The van der Waals surface area contributed by atoms with E-state index in [1.54, 1.807) is 36.4 Å². The van der Waals surface area contributed by atoms with Gasteiger partial charge in [0.1, 0.15) is 13.2 Å². The van der Waals surface area contributed by atoms with Crippen molar-refractivity contribution in [2.75, 3.05) is 50.2 Å². The lowest BCUT2D eigenvalue weighted by atomic mass is 10.1. The molecule has 0 aliphatic carbocycles. The van der Waals surface area contributed by atoms with E-state index in [1.807, 2.05) is 30.3 Å². The fourth-order valence-electron chi connectivity index (χ4n) is 4.41. The Balaban J connectivity index is 1.22. The number of halogens is 2. The van der Waals surface area contributed by atoms with E-state index < -0.39 is 17.1 Å². The maximum absolute atomic E-state index is 13.1. The highest BCUT2D eigenvalue weighted by Crippen LogP contribution is 2.37. The lowest BCUT2D eigenvalue weighted by Crippen LogP contribution is -2.36. The number of anilines is 2. The number of nitrogens with one attached hydrogen (secondary N) is 1. The number of thioether (sulfide) groups is 1. The van der Waals surface area contributed by atoms with Gasteiger partial charge in [-0.3, -0.25) is 19.3 Å². The van der Waals surface area contributed by atoms with Crippen molar-refractivity contribution in [1.82, 2.24) is 4.90 Å². The van der Waals surface area contributed by atoms with Gasteiger partial charge in [0.15, 0.2) is 11.5 Å². The number of carbonyl (C=O) groups excluding carboxylic acids is 3. The number of hydrogen-bond acceptors (Lipinski definition) is 8. The number of imide groups is 1. The monoisotopic (exact) mass is 719 g/mol. The van der Waals surface area contributed by atoms with Gasteiger partial charge in [0.25, 0.3) is 11.1 Å². The highest BCUT2D eigenvalue weighted by molar-refractivity contribution is 14.1. The molecule has 3 aromatic carbocycles. The van der Waals surface area contributed by atoms with E-state index in [2.05, 4.69) is 32.8 Å². The number of hydrogen-bond donors (Lipinski definition) is 1. The SMILES string of the molecule is COc1cc(/C=C2/SC(=O)N(CC(=O)Nc3ccc(N4CCOCC4)cc3)C2=O)cc(I)c1OCc1ccc(Cl)cc1. The third-order valence-electron chi connectivity index (χ3n) is 6.55. The predicted octanol–water partition coefficient (Wildman–Crippen LogP) is 6.04. The quantitative estimate of drug-likeness (QED) is 0.211. The minimum atomic E-state index is -0.528. The van der Waals surface area contributed by atoms with E-state index in [9.17, 15) is 14.4 Å². The normalized spacial score (nSPS) is 16.2. The summed E-state index contributed by atoms with van der Waals surface area (Å²) in [6.45, 7) is 2.93. The van der Waals surface area contributed by atoms with Crippen LogP contribution in [0.1, 0.15) is 11.1 Å². The van der Waals surface area contributed by atoms with Crippen LogP contribution >= 0.6 is 46.0 Å². The van der Waals surface area contributed by atoms with Crippen LogP contribution in [0.15, 0.2) is 65.6 Å². The van der Waals surface area contributed by atoms with Crippen LogP contribution in [0.3, 0.4) is 0 Å². The molecule has 5 rings (SSSR count). The van der Waals surface area contributed by atoms with Gasteiger partial charge in [0.05, 0.1) is 28.8 Å². The zero-order valence-electron chi connectivity index (χ0n) is 22.6. The van der Waals surface area contributed by atoms with Crippen LogP contribution in [-0.2, 0) is 20.9 Å². The molecule has 2 aliphatic heterocycles. The molecule has 0 bridgehead atoms. The van der Waals surface area contributed by atoms with Crippen LogP contribution in [0, 0.1) is 3.57 Å². The number of methoxy groups -OCH3 is 1. The third-order valence-corrected chi connectivity index (χ3v) is 8.51. The van der Waals surface area contributed by atoms with E-state index in [0.29, 0.717) is 47.6 Å². The van der Waals surface area contributed by atoms with Gasteiger partial charge in [-0.1, -0.05) is 23.7 Å². The molecule has 0 atom stereocenters. The van der Waals surface area contributed by atoms with Crippen LogP contribution in [-0.4, -0.2) is 61.9 Å². The minimum Gasteiger partial charge on any atom is -0.493 e. The Morgan fingerprint density at radius 1 is 1.10 bits per heavy atom. The van der Waals surface area contributed by atoms with Crippen molar-refractivity contribution in [2.45, 2.75) is 6.61 Å². The molecule has 2 heterocycles. The average molecular weight is 720 g/mol. The maximum Gasteiger partial charge on any atom is 0.294 e. The first kappa shape index (κ1) is 30.2. The van der Waals surface area contributed by atoms with Gasteiger partial charge in [-0.15, -0.1) is 0 Å². The van der Waals surface area contributed by atoms with E-state index >= 15 is 0 Å². The molecule has 3 aromatic rings. The molecular formula is C30H27ClIN3O6S. The Bertz CT molecular complexity index is 1510. The fraction of sp³-hybridized carbons (Fsp3) is 0.233. The summed E-state index contributed by atoms with van der Waals surface area (Å²) < 4.78 is 17.7. The molecule has 3 amide bonds. The Kier molecular flexibility index (Phi) is 9.93. The number of ether oxygens (including phenoxy) is 3. The van der Waals surface area contributed by atoms with Crippen molar-refractivity contribution in [3.05, 3.63) is 85.3 Å². The molecule has 218 valence electrons. The van der Waals surface area contributed by atoms with Gasteiger partial charge in [0, 0.05) is 29.5 Å². The van der Waals surface area contributed by atoms with Crippen LogP contribution in [0.25, 0.3) is 6.08 Å². The summed E-state index contributed by atoms with van der Waals surface area (Å²) in [5, 5.41) is 2.91. The second kappa shape index (κ2) is 13.8. The molecule has 1 N–H and O–H groups in total. The molecule has 0 saturated carbocycles. The summed E-state index contributed by atoms with van der Waals surface area (Å²) in [5.41, 5.74) is 3.23. The molecule has 42 heavy (non-hydrogen) atoms. The second-order valence-corrected chi connectivity index (χ2v) is 12.0. The van der Waals surface area contributed by atoms with Crippen LogP contribution in [0.2, 0.25) is 5.02 Å². The topological polar surface area (TPSA) is 97.4 Å². The highest BCUT2D eigenvalue weighted by atomic mass is 127. The van der Waals surface area contributed by atoms with Crippen molar-refractivity contribution >= 4 is 80.5 Å².